The van der Waals surface area contributed by atoms with Crippen LogP contribution in [-0.2, 0) is 6.42 Å². The Morgan fingerprint density at radius 2 is 2.00 bits per heavy atom. The van der Waals surface area contributed by atoms with E-state index in [0.717, 1.165) is 18.4 Å². The number of likely N-dealkylation sites (tertiary alicyclic amines) is 1. The van der Waals surface area contributed by atoms with E-state index in [1.54, 1.807) is 0 Å². The molecule has 0 unspecified atom stereocenters. The van der Waals surface area contributed by atoms with Gasteiger partial charge in [0.15, 0.2) is 0 Å². The summed E-state index contributed by atoms with van der Waals surface area (Å²) in [5.41, 5.74) is 1.17. The maximum absolute atomic E-state index is 4.37. The molecule has 1 aromatic rings. The first kappa shape index (κ1) is 15.0. The third kappa shape index (κ3) is 4.06. The third-order valence-corrected chi connectivity index (χ3v) is 5.21. The lowest BCUT2D eigenvalue weighted by Gasteiger charge is -2.36. The van der Waals surface area contributed by atoms with Crippen molar-refractivity contribution in [2.24, 2.45) is 5.92 Å². The number of piperidine rings is 1. The third-order valence-electron chi connectivity index (χ3n) is 5.21. The maximum Gasteiger partial charge on any atom is 0.0827 e. The monoisotopic (exact) mass is 290 g/mol. The lowest BCUT2D eigenvalue weighted by molar-refractivity contribution is 0.129. The van der Waals surface area contributed by atoms with Gasteiger partial charge in [0.1, 0.15) is 0 Å². The Kier molecular flexibility index (Phi) is 4.94. The zero-order valence-corrected chi connectivity index (χ0v) is 13.7. The van der Waals surface area contributed by atoms with E-state index in [2.05, 4.69) is 39.9 Å². The fourth-order valence-corrected chi connectivity index (χ4v) is 3.54. The van der Waals surface area contributed by atoms with E-state index in [4.69, 9.17) is 0 Å². The second-order valence-corrected chi connectivity index (χ2v) is 7.09. The van der Waals surface area contributed by atoms with Gasteiger partial charge >= 0.3 is 0 Å². The van der Waals surface area contributed by atoms with E-state index in [1.807, 2.05) is 0 Å². The molecule has 21 heavy (non-hydrogen) atoms. The average Bonchev–Trinajstić information content (AvgIpc) is 3.20. The van der Waals surface area contributed by atoms with Crippen LogP contribution in [0.15, 0.2) is 6.20 Å². The number of hydrogen-bond donors (Lipinski definition) is 0. The minimum atomic E-state index is 0.567. The van der Waals surface area contributed by atoms with Crippen molar-refractivity contribution in [2.45, 2.75) is 77.3 Å². The molecule has 2 heterocycles. The molecule has 0 aromatic carbocycles. The van der Waals surface area contributed by atoms with E-state index in [9.17, 15) is 0 Å². The summed E-state index contributed by atoms with van der Waals surface area (Å²) in [6, 6.07) is 1.34. The molecule has 1 saturated heterocycles. The molecule has 4 heteroatoms. The molecule has 1 aliphatic carbocycles. The molecule has 1 saturated carbocycles. The molecular formula is C17H30N4. The second kappa shape index (κ2) is 6.91. The van der Waals surface area contributed by atoms with Crippen LogP contribution < -0.4 is 0 Å². The fourth-order valence-electron chi connectivity index (χ4n) is 3.54. The van der Waals surface area contributed by atoms with Gasteiger partial charge in [-0.25, -0.2) is 4.68 Å². The van der Waals surface area contributed by atoms with E-state index < -0.39 is 0 Å². The van der Waals surface area contributed by atoms with Gasteiger partial charge in [0, 0.05) is 25.3 Å². The van der Waals surface area contributed by atoms with Crippen LogP contribution in [0.3, 0.4) is 0 Å². The minimum Gasteiger partial charge on any atom is -0.300 e. The first-order valence-electron chi connectivity index (χ1n) is 8.91. The van der Waals surface area contributed by atoms with Gasteiger partial charge < -0.3 is 4.90 Å². The highest BCUT2D eigenvalue weighted by molar-refractivity contribution is 4.94. The van der Waals surface area contributed by atoms with Gasteiger partial charge in [0.2, 0.25) is 0 Å². The molecule has 2 aliphatic rings. The van der Waals surface area contributed by atoms with Crippen LogP contribution in [0.2, 0.25) is 0 Å². The van der Waals surface area contributed by atoms with Crippen LogP contribution in [0.4, 0.5) is 0 Å². The predicted molar refractivity (Wildman–Crippen MR) is 85.3 cm³/mol. The van der Waals surface area contributed by atoms with Crippen LogP contribution >= 0.6 is 0 Å². The normalized spacial score (nSPS) is 22.6. The molecule has 3 rings (SSSR count). The van der Waals surface area contributed by atoms with E-state index in [-0.39, 0.29) is 0 Å². The zero-order valence-electron chi connectivity index (χ0n) is 13.7. The standard InChI is InChI=1S/C17H30N4/c1-3-4-5-16-13-21(19-18-16)17-8-10-20(11-9-17)14(2)12-15-6-7-15/h13-15,17H,3-12H2,1-2H3/t14-/m0/s1. The summed E-state index contributed by atoms with van der Waals surface area (Å²) in [5, 5.41) is 8.70. The number of rotatable bonds is 7. The Bertz CT molecular complexity index is 430. The number of hydrogen-bond acceptors (Lipinski definition) is 3. The minimum absolute atomic E-state index is 0.567. The van der Waals surface area contributed by atoms with E-state index in [1.165, 1.54) is 63.7 Å². The molecule has 0 amide bonds. The first-order chi connectivity index (χ1) is 10.3. The molecule has 2 fully saturated rings. The molecule has 0 N–H and O–H groups in total. The first-order valence-corrected chi connectivity index (χ1v) is 8.91. The van der Waals surface area contributed by atoms with Crippen molar-refractivity contribution in [1.82, 2.24) is 19.9 Å². The fraction of sp³-hybridized carbons (Fsp3) is 0.882. The van der Waals surface area contributed by atoms with Gasteiger partial charge in [-0.15, -0.1) is 5.10 Å². The summed E-state index contributed by atoms with van der Waals surface area (Å²) >= 11 is 0. The molecule has 0 radical (unpaired) electrons. The van der Waals surface area contributed by atoms with Gasteiger partial charge in [0.05, 0.1) is 11.7 Å². The Labute approximate surface area is 128 Å². The molecule has 1 atom stereocenters. The highest BCUT2D eigenvalue weighted by Crippen LogP contribution is 2.35. The van der Waals surface area contributed by atoms with Gasteiger partial charge in [-0.3, -0.25) is 0 Å². The molecule has 1 aromatic heterocycles. The van der Waals surface area contributed by atoms with Crippen molar-refractivity contribution in [3.05, 3.63) is 11.9 Å². The molecular weight excluding hydrogens is 260 g/mol. The second-order valence-electron chi connectivity index (χ2n) is 7.09. The van der Waals surface area contributed by atoms with E-state index >= 15 is 0 Å². The van der Waals surface area contributed by atoms with Crippen molar-refractivity contribution in [2.75, 3.05) is 13.1 Å². The summed E-state index contributed by atoms with van der Waals surface area (Å²) in [6.07, 6.45) is 12.5. The van der Waals surface area contributed by atoms with Crippen molar-refractivity contribution in [3.8, 4) is 0 Å². The van der Waals surface area contributed by atoms with Crippen LogP contribution in [-0.4, -0.2) is 39.0 Å². The van der Waals surface area contributed by atoms with Crippen LogP contribution in [0, 0.1) is 5.92 Å². The molecule has 0 bridgehead atoms. The smallest absolute Gasteiger partial charge is 0.0827 e. The SMILES string of the molecule is CCCCc1cn(C2CCN([C@@H](C)CC3CC3)CC2)nn1. The lowest BCUT2D eigenvalue weighted by atomic mass is 10.0. The summed E-state index contributed by atoms with van der Waals surface area (Å²) in [7, 11) is 0. The lowest BCUT2D eigenvalue weighted by Crippen LogP contribution is -2.40. The highest BCUT2D eigenvalue weighted by atomic mass is 15.4. The summed E-state index contributed by atoms with van der Waals surface area (Å²) in [6.45, 7) is 7.09. The summed E-state index contributed by atoms with van der Waals surface area (Å²) in [4.78, 5) is 2.68. The number of nitrogens with zero attached hydrogens (tertiary/aromatic N) is 4. The zero-order chi connectivity index (χ0) is 14.7. The number of aryl methyl sites for hydroxylation is 1. The number of aromatic nitrogens is 3. The Morgan fingerprint density at radius 1 is 1.24 bits per heavy atom. The quantitative estimate of drug-likeness (QED) is 0.771. The summed E-state index contributed by atoms with van der Waals surface area (Å²) in [5.74, 6) is 1.04. The molecule has 1 aliphatic heterocycles. The van der Waals surface area contributed by atoms with Crippen LogP contribution in [0.1, 0.15) is 70.5 Å². The van der Waals surface area contributed by atoms with Crippen molar-refractivity contribution >= 4 is 0 Å². The largest absolute Gasteiger partial charge is 0.300 e. The number of unbranched alkanes of at least 4 members (excludes halogenated alkanes) is 1. The maximum atomic E-state index is 4.37. The van der Waals surface area contributed by atoms with E-state index in [0.29, 0.717) is 6.04 Å². The van der Waals surface area contributed by atoms with Gasteiger partial charge in [0.25, 0.3) is 0 Å². The molecule has 118 valence electrons. The average molecular weight is 290 g/mol. The predicted octanol–water partition coefficient (Wildman–Crippen LogP) is 3.45. The van der Waals surface area contributed by atoms with Crippen molar-refractivity contribution in [3.63, 3.8) is 0 Å². The van der Waals surface area contributed by atoms with Crippen molar-refractivity contribution in [1.29, 1.82) is 0 Å². The van der Waals surface area contributed by atoms with Crippen LogP contribution in [0.25, 0.3) is 0 Å². The van der Waals surface area contributed by atoms with Crippen LogP contribution in [0.5, 0.6) is 0 Å². The van der Waals surface area contributed by atoms with Crippen molar-refractivity contribution < 1.29 is 0 Å². The Balaban J connectivity index is 1.47. The molecule has 4 nitrogen and oxygen atoms in total. The van der Waals surface area contributed by atoms with Gasteiger partial charge in [-0.2, -0.15) is 0 Å². The molecule has 0 spiro atoms. The summed E-state index contributed by atoms with van der Waals surface area (Å²) < 4.78 is 2.13. The Hall–Kier alpha value is -0.900. The van der Waals surface area contributed by atoms with Gasteiger partial charge in [-0.05, 0) is 44.9 Å². The Morgan fingerprint density at radius 3 is 2.67 bits per heavy atom. The topological polar surface area (TPSA) is 34.0 Å². The highest BCUT2D eigenvalue weighted by Gasteiger charge is 2.29. The van der Waals surface area contributed by atoms with Gasteiger partial charge in [-0.1, -0.05) is 31.4 Å².